The van der Waals surface area contributed by atoms with Gasteiger partial charge in [-0.05, 0) is 69.1 Å². The maximum Gasteiger partial charge on any atom is 0.220 e. The van der Waals surface area contributed by atoms with E-state index < -0.39 is 0 Å². The van der Waals surface area contributed by atoms with Gasteiger partial charge in [-0.1, -0.05) is 42.5 Å². The molecular weight excluding hydrogens is 424 g/mol. The number of carbonyl (C=O) groups is 1. The predicted octanol–water partition coefficient (Wildman–Crippen LogP) is 5.87. The molecular formula is C29H34N2O3. The van der Waals surface area contributed by atoms with Gasteiger partial charge in [0.15, 0.2) is 0 Å². The zero-order valence-corrected chi connectivity index (χ0v) is 20.0. The van der Waals surface area contributed by atoms with Crippen LogP contribution in [0.1, 0.15) is 61.8 Å². The molecule has 0 bridgehead atoms. The van der Waals surface area contributed by atoms with Crippen LogP contribution in [0.15, 0.2) is 54.6 Å². The molecule has 5 heteroatoms. The minimum Gasteiger partial charge on any atom is -0.488 e. The van der Waals surface area contributed by atoms with Gasteiger partial charge in [-0.3, -0.25) is 4.79 Å². The smallest absolute Gasteiger partial charge is 0.220 e. The van der Waals surface area contributed by atoms with Gasteiger partial charge in [0.05, 0.1) is 23.9 Å². The average molecular weight is 459 g/mol. The number of ether oxygens (including phenoxy) is 2. The zero-order chi connectivity index (χ0) is 23.3. The van der Waals surface area contributed by atoms with Gasteiger partial charge in [-0.2, -0.15) is 0 Å². The quantitative estimate of drug-likeness (QED) is 0.436. The second-order valence-electron chi connectivity index (χ2n) is 9.80. The van der Waals surface area contributed by atoms with Crippen LogP contribution in [0.3, 0.4) is 0 Å². The Morgan fingerprint density at radius 3 is 2.44 bits per heavy atom. The van der Waals surface area contributed by atoms with Gasteiger partial charge in [-0.15, -0.1) is 0 Å². The molecule has 0 spiro atoms. The molecule has 2 aliphatic rings. The number of carbonyl (C=O) groups excluding carboxylic acids is 1. The fraction of sp³-hybridized carbons (Fsp3) is 0.448. The Bertz CT molecular complexity index is 1120. The highest BCUT2D eigenvalue weighted by Crippen LogP contribution is 2.33. The first-order valence-corrected chi connectivity index (χ1v) is 12.6. The summed E-state index contributed by atoms with van der Waals surface area (Å²) in [6, 6.07) is 18.7. The lowest BCUT2D eigenvalue weighted by Gasteiger charge is -2.29. The first-order chi connectivity index (χ1) is 16.7. The zero-order valence-electron chi connectivity index (χ0n) is 20.0. The Balaban J connectivity index is 1.20. The molecule has 2 aliphatic carbocycles. The largest absolute Gasteiger partial charge is 0.488 e. The van der Waals surface area contributed by atoms with Crippen LogP contribution in [0.25, 0.3) is 10.9 Å². The Morgan fingerprint density at radius 1 is 0.941 bits per heavy atom. The lowest BCUT2D eigenvalue weighted by molar-refractivity contribution is -0.122. The van der Waals surface area contributed by atoms with E-state index in [0.717, 1.165) is 59.2 Å². The van der Waals surface area contributed by atoms with Crippen molar-refractivity contribution in [3.8, 4) is 5.75 Å². The van der Waals surface area contributed by atoms with Crippen LogP contribution in [0.4, 0.5) is 0 Å². The number of fused-ring (bicyclic) bond motifs is 1. The molecule has 0 aliphatic heterocycles. The van der Waals surface area contributed by atoms with Crippen LogP contribution in [0, 0.1) is 12.8 Å². The standard InChI is InChI=1S/C29H34N2O3/c1-20-27(19-33-24-15-13-23(14-16-24)30-28(32)17-21-11-12-21)31-26-10-6-5-9-25(26)29(20)34-18-22-7-3-2-4-8-22/h2-10,21,23-24H,11-19H2,1H3,(H,30,32). The van der Waals surface area contributed by atoms with E-state index >= 15 is 0 Å². The van der Waals surface area contributed by atoms with Crippen LogP contribution in [-0.2, 0) is 22.7 Å². The van der Waals surface area contributed by atoms with Crippen LogP contribution in [0.2, 0.25) is 0 Å². The van der Waals surface area contributed by atoms with E-state index in [4.69, 9.17) is 14.5 Å². The fourth-order valence-electron chi connectivity index (χ4n) is 4.82. The van der Waals surface area contributed by atoms with Gasteiger partial charge in [0.2, 0.25) is 5.91 Å². The van der Waals surface area contributed by atoms with Gasteiger partial charge in [0.25, 0.3) is 0 Å². The molecule has 2 fully saturated rings. The van der Waals surface area contributed by atoms with Crippen molar-refractivity contribution in [2.45, 2.75) is 77.2 Å². The molecule has 1 aromatic heterocycles. The SMILES string of the molecule is Cc1c(COC2CCC(NC(=O)CC3CC3)CC2)nc2ccccc2c1OCc1ccccc1. The molecule has 1 N–H and O–H groups in total. The van der Waals surface area contributed by atoms with Gasteiger partial charge in [-0.25, -0.2) is 4.98 Å². The predicted molar refractivity (Wildman–Crippen MR) is 134 cm³/mol. The number of rotatable bonds is 9. The third-order valence-corrected chi connectivity index (χ3v) is 7.07. The summed E-state index contributed by atoms with van der Waals surface area (Å²) in [5, 5.41) is 4.26. The molecule has 2 saturated carbocycles. The van der Waals surface area contributed by atoms with Crippen molar-refractivity contribution in [2.24, 2.45) is 5.92 Å². The summed E-state index contributed by atoms with van der Waals surface area (Å²) in [7, 11) is 0. The Labute approximate surface area is 201 Å². The third kappa shape index (κ3) is 5.76. The maximum absolute atomic E-state index is 12.1. The van der Waals surface area contributed by atoms with E-state index in [-0.39, 0.29) is 12.0 Å². The second kappa shape index (κ2) is 10.6. The van der Waals surface area contributed by atoms with E-state index in [1.807, 2.05) is 36.4 Å². The summed E-state index contributed by atoms with van der Waals surface area (Å²) in [5.41, 5.74) is 4.04. The number of benzene rings is 2. The number of pyridine rings is 1. The van der Waals surface area contributed by atoms with E-state index in [2.05, 4.69) is 30.4 Å². The number of para-hydroxylation sites is 1. The third-order valence-electron chi connectivity index (χ3n) is 7.07. The van der Waals surface area contributed by atoms with E-state index in [1.54, 1.807) is 0 Å². The summed E-state index contributed by atoms with van der Waals surface area (Å²) in [4.78, 5) is 17.0. The second-order valence-corrected chi connectivity index (χ2v) is 9.80. The monoisotopic (exact) mass is 458 g/mol. The summed E-state index contributed by atoms with van der Waals surface area (Å²) < 4.78 is 12.6. The number of aromatic nitrogens is 1. The molecule has 2 aromatic carbocycles. The first kappa shape index (κ1) is 22.9. The van der Waals surface area contributed by atoms with Crippen LogP contribution in [-0.4, -0.2) is 23.0 Å². The summed E-state index contributed by atoms with van der Waals surface area (Å²) in [5.74, 6) is 1.75. The van der Waals surface area contributed by atoms with Gasteiger partial charge in [0, 0.05) is 23.4 Å². The molecule has 0 saturated heterocycles. The highest BCUT2D eigenvalue weighted by atomic mass is 16.5. The van der Waals surface area contributed by atoms with Crippen molar-refractivity contribution in [3.63, 3.8) is 0 Å². The highest BCUT2D eigenvalue weighted by Gasteiger charge is 2.27. The number of nitrogens with one attached hydrogen (secondary N) is 1. The van der Waals surface area contributed by atoms with E-state index in [9.17, 15) is 4.79 Å². The molecule has 0 radical (unpaired) electrons. The number of hydrogen-bond donors (Lipinski definition) is 1. The molecule has 0 atom stereocenters. The van der Waals surface area contributed by atoms with Crippen molar-refractivity contribution in [1.29, 1.82) is 0 Å². The molecule has 1 amide bonds. The van der Waals surface area contributed by atoms with E-state index in [1.165, 1.54) is 12.8 Å². The maximum atomic E-state index is 12.1. The van der Waals surface area contributed by atoms with Gasteiger partial charge in [0.1, 0.15) is 12.4 Å². The topological polar surface area (TPSA) is 60.5 Å². The normalized spacial score (nSPS) is 20.3. The lowest BCUT2D eigenvalue weighted by atomic mass is 9.92. The molecule has 178 valence electrons. The van der Waals surface area contributed by atoms with Crippen molar-refractivity contribution in [3.05, 3.63) is 71.4 Å². The van der Waals surface area contributed by atoms with Crippen molar-refractivity contribution >= 4 is 16.8 Å². The minimum absolute atomic E-state index is 0.206. The van der Waals surface area contributed by atoms with Crippen LogP contribution >= 0.6 is 0 Å². The summed E-state index contributed by atoms with van der Waals surface area (Å²) in [6.07, 6.45) is 7.25. The van der Waals surface area contributed by atoms with Crippen molar-refractivity contribution < 1.29 is 14.3 Å². The number of amides is 1. The lowest BCUT2D eigenvalue weighted by Crippen LogP contribution is -2.39. The minimum atomic E-state index is 0.206. The molecule has 34 heavy (non-hydrogen) atoms. The number of hydrogen-bond acceptors (Lipinski definition) is 4. The Morgan fingerprint density at radius 2 is 1.68 bits per heavy atom. The summed E-state index contributed by atoms with van der Waals surface area (Å²) in [6.45, 7) is 3.07. The fourth-order valence-corrected chi connectivity index (χ4v) is 4.82. The van der Waals surface area contributed by atoms with Gasteiger partial charge < -0.3 is 14.8 Å². The Hall–Kier alpha value is -2.92. The molecule has 3 aromatic rings. The molecule has 5 nitrogen and oxygen atoms in total. The first-order valence-electron chi connectivity index (χ1n) is 12.6. The molecule has 5 rings (SSSR count). The average Bonchev–Trinajstić information content (AvgIpc) is 3.67. The highest BCUT2D eigenvalue weighted by molar-refractivity contribution is 5.86. The van der Waals surface area contributed by atoms with E-state index in [0.29, 0.717) is 31.6 Å². The van der Waals surface area contributed by atoms with Crippen molar-refractivity contribution in [1.82, 2.24) is 10.3 Å². The summed E-state index contributed by atoms with van der Waals surface area (Å²) >= 11 is 0. The van der Waals surface area contributed by atoms with Crippen LogP contribution < -0.4 is 10.1 Å². The van der Waals surface area contributed by atoms with Crippen molar-refractivity contribution in [2.75, 3.05) is 0 Å². The Kier molecular flexibility index (Phi) is 7.10. The van der Waals surface area contributed by atoms with Crippen LogP contribution in [0.5, 0.6) is 5.75 Å². The van der Waals surface area contributed by atoms with Gasteiger partial charge >= 0.3 is 0 Å². The molecule has 1 heterocycles. The number of nitrogens with zero attached hydrogens (tertiary/aromatic N) is 1. The molecule has 0 unspecified atom stereocenters.